The molecule has 48 heavy (non-hydrogen) atoms. The van der Waals surface area contributed by atoms with E-state index in [1.165, 1.54) is 13.4 Å². The van der Waals surface area contributed by atoms with Crippen molar-refractivity contribution >= 4 is 59.9 Å². The van der Waals surface area contributed by atoms with Gasteiger partial charge in [0.15, 0.2) is 5.52 Å². The Bertz CT molecular complexity index is 1680. The van der Waals surface area contributed by atoms with E-state index < -0.39 is 80.0 Å². The SMILES string of the molecule is CNc1c(NC2OC(CO[PH](O)(O)OP(O)OP(O)OOCC3CCC(n4cnc5c(=O)[nH]c(N)nc54)O3)C(O)C2O)nc(N)[nH]c1=O. The standard InChI is InChI=1S/C20H33N10O15P3/c1-23-10-14(26-19(21)28-16(10)33)25-18-13(32)12(31)8(42-18)5-40-48(37,38)45-47(36)44-46(35)43-39-4-7-2-3-9(41-7)30-6-24-11-15(30)27-20(22)29-17(11)34/h6-9,12-13,18,23,31-32,35-38,48H,2-5H2,1H3,(H3,22,27,29,34)(H4,21,25,26,28,33). The van der Waals surface area contributed by atoms with Gasteiger partial charge < -0.3 is 5.73 Å². The van der Waals surface area contributed by atoms with Gasteiger partial charge in [-0.3, -0.25) is 9.78 Å². The molecule has 0 aliphatic carbocycles. The average Bonchev–Trinajstić information content (AvgIpc) is 3.70. The minimum atomic E-state index is -5.17. The van der Waals surface area contributed by atoms with E-state index in [2.05, 4.69) is 48.8 Å². The maximum absolute atomic E-state index is 12.1. The molecule has 0 saturated carbocycles. The van der Waals surface area contributed by atoms with Crippen molar-refractivity contribution in [1.82, 2.24) is 29.5 Å². The summed E-state index contributed by atoms with van der Waals surface area (Å²) in [5.74, 6) is -0.428. The first-order valence-electron chi connectivity index (χ1n) is 13.7. The fraction of sp³-hybridized carbons (Fsp3) is 0.550. The number of aromatic amines is 2. The van der Waals surface area contributed by atoms with Gasteiger partial charge >= 0.3 is 228 Å². The van der Waals surface area contributed by atoms with Crippen LogP contribution in [-0.2, 0) is 32.2 Å². The van der Waals surface area contributed by atoms with Crippen LogP contribution in [0.15, 0.2) is 15.9 Å². The molecule has 8 atom stereocenters. The maximum atomic E-state index is 12.1. The average molecular weight is 746 g/mol. The zero-order valence-corrected chi connectivity index (χ0v) is 27.4. The van der Waals surface area contributed by atoms with Gasteiger partial charge in [0.2, 0.25) is 5.95 Å². The minimum absolute atomic E-state index is 0.0435. The fourth-order valence-corrected chi connectivity index (χ4v) is 7.27. The van der Waals surface area contributed by atoms with Crippen LogP contribution >= 0.6 is 25.4 Å². The summed E-state index contributed by atoms with van der Waals surface area (Å²) in [6.45, 7) is -0.951. The van der Waals surface area contributed by atoms with Crippen LogP contribution in [0.1, 0.15) is 19.1 Å². The summed E-state index contributed by atoms with van der Waals surface area (Å²) in [6.07, 6.45) is -4.63. The van der Waals surface area contributed by atoms with E-state index >= 15 is 0 Å². The van der Waals surface area contributed by atoms with E-state index in [1.807, 2.05) is 0 Å². The van der Waals surface area contributed by atoms with E-state index in [9.17, 15) is 39.4 Å². The molecule has 28 heteroatoms. The first-order valence-corrected chi connectivity index (χ1v) is 17.7. The second-order valence-corrected chi connectivity index (χ2v) is 13.9. The van der Waals surface area contributed by atoms with E-state index in [1.54, 1.807) is 4.57 Å². The number of aliphatic hydroxyl groups excluding tert-OH is 2. The van der Waals surface area contributed by atoms with Crippen molar-refractivity contribution < 1.29 is 62.0 Å². The number of imidazole rings is 1. The van der Waals surface area contributed by atoms with Crippen LogP contribution in [0.2, 0.25) is 0 Å². The number of ether oxygens (including phenoxy) is 2. The number of nitrogen functional groups attached to an aromatic ring is 2. The number of fused-ring (bicyclic) bond motifs is 1. The Kier molecular flexibility index (Phi) is 11.7. The van der Waals surface area contributed by atoms with Gasteiger partial charge in [0.1, 0.15) is 0 Å². The topological polar surface area (TPSA) is 371 Å². The number of nitrogens with two attached hydrogens (primary N) is 2. The Balaban J connectivity index is 1.02. The molecule has 0 amide bonds. The number of anilines is 4. The van der Waals surface area contributed by atoms with Crippen LogP contribution in [-0.4, -0.2) is 110 Å². The van der Waals surface area contributed by atoms with Gasteiger partial charge in [0.05, 0.1) is 0 Å². The van der Waals surface area contributed by atoms with Crippen LogP contribution in [0.25, 0.3) is 11.2 Å². The summed E-state index contributed by atoms with van der Waals surface area (Å²) >= 11 is 0. The molecular weight excluding hydrogens is 713 g/mol. The molecule has 0 bridgehead atoms. The molecule has 2 aliphatic rings. The Labute approximate surface area is 270 Å². The molecule has 5 rings (SSSR count). The number of nitrogens with one attached hydrogen (secondary N) is 4. The van der Waals surface area contributed by atoms with Crippen LogP contribution in [0, 0.1) is 0 Å². The second-order valence-electron chi connectivity index (χ2n) is 10.1. The number of hydrogen-bond acceptors (Lipinski definition) is 22. The van der Waals surface area contributed by atoms with Gasteiger partial charge in [-0.1, -0.05) is 0 Å². The summed E-state index contributed by atoms with van der Waals surface area (Å²) < 4.78 is 31.6. The van der Waals surface area contributed by atoms with Crippen molar-refractivity contribution in [3.8, 4) is 0 Å². The van der Waals surface area contributed by atoms with Gasteiger partial charge in [-0.25, -0.2) is 4.98 Å². The van der Waals surface area contributed by atoms with Gasteiger partial charge in [-0.05, 0) is 0 Å². The quantitative estimate of drug-likeness (QED) is 0.0433. The molecule has 8 unspecified atom stereocenters. The zero-order valence-electron chi connectivity index (χ0n) is 24.6. The van der Waals surface area contributed by atoms with E-state index in [-0.39, 0.29) is 41.2 Å². The zero-order chi connectivity index (χ0) is 34.7. The number of rotatable bonds is 15. The first-order chi connectivity index (χ1) is 22.7. The predicted octanol–water partition coefficient (Wildman–Crippen LogP) is -2.52. The fourth-order valence-electron chi connectivity index (χ4n) is 4.70. The number of aromatic nitrogens is 6. The number of hydrogen-bond donors (Lipinski definition) is 12. The van der Waals surface area contributed by atoms with Gasteiger partial charge in [0, 0.05) is 0 Å². The Morgan fingerprint density at radius 3 is 2.54 bits per heavy atom. The second kappa shape index (κ2) is 15.4. The molecule has 268 valence electrons. The molecule has 2 aliphatic heterocycles. The van der Waals surface area contributed by atoms with Crippen LogP contribution in [0.5, 0.6) is 0 Å². The Morgan fingerprint density at radius 2 is 1.79 bits per heavy atom. The van der Waals surface area contributed by atoms with E-state index in [0.29, 0.717) is 12.8 Å². The van der Waals surface area contributed by atoms with Crippen LogP contribution < -0.4 is 33.2 Å². The Hall–Kier alpha value is -2.80. The molecule has 25 nitrogen and oxygen atoms in total. The molecular formula is C20H33N10O15P3. The van der Waals surface area contributed by atoms with Crippen molar-refractivity contribution in [2.45, 2.75) is 49.7 Å². The molecule has 0 radical (unpaired) electrons. The summed E-state index contributed by atoms with van der Waals surface area (Å²) in [4.78, 5) is 85.7. The van der Waals surface area contributed by atoms with Gasteiger partial charge in [-0.2, -0.15) is 4.98 Å². The third-order valence-corrected chi connectivity index (χ3v) is 10.3. The Morgan fingerprint density at radius 1 is 1.06 bits per heavy atom. The first kappa shape index (κ1) is 36.5. The number of nitrogens with zero attached hydrogens (tertiary/aromatic N) is 4. The number of H-pyrrole nitrogens is 2. The van der Waals surface area contributed by atoms with Crippen LogP contribution in [0.4, 0.5) is 23.4 Å². The molecule has 5 heterocycles. The normalized spacial score (nSPS) is 26.1. The summed E-state index contributed by atoms with van der Waals surface area (Å²) in [5, 5.41) is 25.9. The predicted molar refractivity (Wildman–Crippen MR) is 165 cm³/mol. The van der Waals surface area contributed by atoms with Crippen molar-refractivity contribution in [1.29, 1.82) is 0 Å². The molecule has 3 aromatic heterocycles. The molecule has 0 spiro atoms. The molecule has 14 N–H and O–H groups in total. The van der Waals surface area contributed by atoms with Gasteiger partial charge in [0.25, 0.3) is 5.56 Å². The van der Waals surface area contributed by atoms with Crippen molar-refractivity contribution in [2.24, 2.45) is 0 Å². The van der Waals surface area contributed by atoms with Crippen molar-refractivity contribution in [2.75, 3.05) is 42.4 Å². The molecule has 2 saturated heterocycles. The summed E-state index contributed by atoms with van der Waals surface area (Å²) in [7, 11) is -9.88. The molecule has 2 fully saturated rings. The summed E-state index contributed by atoms with van der Waals surface area (Å²) in [5.41, 5.74) is 10.3. The van der Waals surface area contributed by atoms with E-state index in [0.717, 1.165) is 0 Å². The van der Waals surface area contributed by atoms with Crippen molar-refractivity contribution in [3.05, 3.63) is 27.0 Å². The van der Waals surface area contributed by atoms with E-state index in [4.69, 9.17) is 30.4 Å². The summed E-state index contributed by atoms with van der Waals surface area (Å²) in [6, 6.07) is 0. The third kappa shape index (κ3) is 8.67. The van der Waals surface area contributed by atoms with Crippen LogP contribution in [0.3, 0.4) is 0 Å². The molecule has 3 aromatic rings. The van der Waals surface area contributed by atoms with Crippen molar-refractivity contribution in [3.63, 3.8) is 0 Å². The monoisotopic (exact) mass is 746 g/mol. The third-order valence-electron chi connectivity index (χ3n) is 6.82. The number of aliphatic hydroxyl groups is 2. The molecule has 0 aromatic carbocycles. The van der Waals surface area contributed by atoms with Gasteiger partial charge in [-0.15, -0.1) is 0 Å².